The Morgan fingerprint density at radius 3 is 3.10 bits per heavy atom. The van der Waals surface area contributed by atoms with Gasteiger partial charge >= 0.3 is 0 Å². The smallest absolute Gasteiger partial charge is 0.264 e. The molecule has 0 unspecified atom stereocenters. The molecule has 0 saturated carbocycles. The van der Waals surface area contributed by atoms with Gasteiger partial charge in [-0.15, -0.1) is 17.9 Å². The standard InChI is InChI=1S/C14H18N4OS/c1-2-8-18-13(19)11-9-4-3-5-10(9)20-12(11)17-14(18)16-7-6-15/h2H,1,3-8,15H2,(H,16,17). The van der Waals surface area contributed by atoms with E-state index in [-0.39, 0.29) is 5.56 Å². The van der Waals surface area contributed by atoms with E-state index in [1.54, 1.807) is 22.0 Å². The van der Waals surface area contributed by atoms with Gasteiger partial charge in [0, 0.05) is 24.5 Å². The normalized spacial score (nSPS) is 13.7. The summed E-state index contributed by atoms with van der Waals surface area (Å²) < 4.78 is 1.65. The first-order valence-corrected chi connectivity index (χ1v) is 7.67. The van der Waals surface area contributed by atoms with Gasteiger partial charge in [0.1, 0.15) is 4.83 Å². The Morgan fingerprint density at radius 2 is 2.35 bits per heavy atom. The minimum absolute atomic E-state index is 0.0359. The van der Waals surface area contributed by atoms with Gasteiger partial charge < -0.3 is 11.1 Å². The topological polar surface area (TPSA) is 72.9 Å². The van der Waals surface area contributed by atoms with Crippen LogP contribution in [0.3, 0.4) is 0 Å². The zero-order valence-corrected chi connectivity index (χ0v) is 12.1. The third kappa shape index (κ3) is 2.05. The third-order valence-corrected chi connectivity index (χ3v) is 4.75. The van der Waals surface area contributed by atoms with Crippen molar-refractivity contribution in [1.82, 2.24) is 9.55 Å². The van der Waals surface area contributed by atoms with Crippen LogP contribution in [0.4, 0.5) is 5.95 Å². The molecule has 0 aromatic carbocycles. The summed E-state index contributed by atoms with van der Waals surface area (Å²) in [6.45, 7) is 5.28. The van der Waals surface area contributed by atoms with Crippen molar-refractivity contribution >= 4 is 27.5 Å². The van der Waals surface area contributed by atoms with Crippen molar-refractivity contribution in [2.45, 2.75) is 25.8 Å². The number of aromatic nitrogens is 2. The van der Waals surface area contributed by atoms with Crippen molar-refractivity contribution in [3.05, 3.63) is 33.4 Å². The largest absolute Gasteiger partial charge is 0.354 e. The van der Waals surface area contributed by atoms with E-state index >= 15 is 0 Å². The molecule has 0 radical (unpaired) electrons. The molecule has 2 heterocycles. The molecule has 0 spiro atoms. The highest BCUT2D eigenvalue weighted by Gasteiger charge is 2.22. The molecule has 20 heavy (non-hydrogen) atoms. The van der Waals surface area contributed by atoms with Crippen LogP contribution in [0.15, 0.2) is 17.4 Å². The molecular weight excluding hydrogens is 272 g/mol. The second-order valence-corrected chi connectivity index (χ2v) is 5.98. The zero-order valence-electron chi connectivity index (χ0n) is 11.3. The minimum atomic E-state index is 0.0359. The lowest BCUT2D eigenvalue weighted by Gasteiger charge is -2.12. The number of rotatable bonds is 5. The number of hydrogen-bond donors (Lipinski definition) is 2. The van der Waals surface area contributed by atoms with Crippen LogP contribution < -0.4 is 16.6 Å². The van der Waals surface area contributed by atoms with Crippen molar-refractivity contribution < 1.29 is 0 Å². The van der Waals surface area contributed by atoms with Crippen molar-refractivity contribution in [2.24, 2.45) is 5.73 Å². The molecule has 6 heteroatoms. The van der Waals surface area contributed by atoms with Crippen LogP contribution in [0.1, 0.15) is 16.9 Å². The Balaban J connectivity index is 2.21. The predicted octanol–water partition coefficient (Wildman–Crippen LogP) is 1.50. The molecular formula is C14H18N4OS. The molecule has 2 aromatic heterocycles. The summed E-state index contributed by atoms with van der Waals surface area (Å²) >= 11 is 1.65. The molecule has 3 rings (SSSR count). The van der Waals surface area contributed by atoms with Crippen LogP contribution in [0.5, 0.6) is 0 Å². The first-order chi connectivity index (χ1) is 9.76. The van der Waals surface area contributed by atoms with Gasteiger partial charge in [-0.2, -0.15) is 0 Å². The van der Waals surface area contributed by atoms with Gasteiger partial charge in [-0.3, -0.25) is 9.36 Å². The number of nitrogens with zero attached hydrogens (tertiary/aromatic N) is 2. The molecule has 0 aliphatic heterocycles. The van der Waals surface area contributed by atoms with E-state index in [0.29, 0.717) is 25.6 Å². The van der Waals surface area contributed by atoms with E-state index in [2.05, 4.69) is 16.9 Å². The van der Waals surface area contributed by atoms with E-state index in [9.17, 15) is 4.79 Å². The summed E-state index contributed by atoms with van der Waals surface area (Å²) in [5.74, 6) is 0.591. The average Bonchev–Trinajstić information content (AvgIpc) is 3.00. The molecule has 0 bridgehead atoms. The number of anilines is 1. The van der Waals surface area contributed by atoms with Crippen LogP contribution in [0, 0.1) is 0 Å². The van der Waals surface area contributed by atoms with Gasteiger partial charge in [0.25, 0.3) is 5.56 Å². The molecule has 0 saturated heterocycles. The molecule has 106 valence electrons. The Morgan fingerprint density at radius 1 is 1.50 bits per heavy atom. The molecule has 0 amide bonds. The molecule has 0 fully saturated rings. The molecule has 1 aliphatic rings. The zero-order chi connectivity index (χ0) is 14.1. The van der Waals surface area contributed by atoms with Gasteiger partial charge in [0.15, 0.2) is 0 Å². The van der Waals surface area contributed by atoms with Crippen molar-refractivity contribution in [3.8, 4) is 0 Å². The fraction of sp³-hybridized carbons (Fsp3) is 0.429. The number of hydrogen-bond acceptors (Lipinski definition) is 5. The third-order valence-electron chi connectivity index (χ3n) is 3.56. The predicted molar refractivity (Wildman–Crippen MR) is 83.6 cm³/mol. The summed E-state index contributed by atoms with van der Waals surface area (Å²) in [6, 6.07) is 0. The maximum atomic E-state index is 12.7. The van der Waals surface area contributed by atoms with Crippen LogP contribution >= 0.6 is 11.3 Å². The van der Waals surface area contributed by atoms with Crippen LogP contribution in [-0.4, -0.2) is 22.6 Å². The Labute approximate surface area is 121 Å². The number of fused-ring (bicyclic) bond motifs is 3. The Kier molecular flexibility index (Phi) is 3.58. The monoisotopic (exact) mass is 290 g/mol. The van der Waals surface area contributed by atoms with E-state index < -0.39 is 0 Å². The summed E-state index contributed by atoms with van der Waals surface area (Å²) in [5, 5.41) is 3.94. The number of nitrogens with one attached hydrogen (secondary N) is 1. The van der Waals surface area contributed by atoms with E-state index in [4.69, 9.17) is 5.73 Å². The molecule has 5 nitrogen and oxygen atoms in total. The van der Waals surface area contributed by atoms with Crippen molar-refractivity contribution in [1.29, 1.82) is 0 Å². The maximum absolute atomic E-state index is 12.7. The Hall–Kier alpha value is -1.66. The van der Waals surface area contributed by atoms with Crippen LogP contribution in [0.2, 0.25) is 0 Å². The minimum Gasteiger partial charge on any atom is -0.354 e. The van der Waals surface area contributed by atoms with Gasteiger partial charge in [-0.1, -0.05) is 6.08 Å². The summed E-state index contributed by atoms with van der Waals surface area (Å²) in [4.78, 5) is 19.5. The van der Waals surface area contributed by atoms with Gasteiger partial charge in [-0.05, 0) is 24.8 Å². The second kappa shape index (κ2) is 5.38. The first-order valence-electron chi connectivity index (χ1n) is 6.86. The van der Waals surface area contributed by atoms with E-state index in [1.165, 1.54) is 10.4 Å². The highest BCUT2D eigenvalue weighted by molar-refractivity contribution is 7.18. The summed E-state index contributed by atoms with van der Waals surface area (Å²) in [5.41, 5.74) is 6.76. The van der Waals surface area contributed by atoms with Crippen LogP contribution in [0.25, 0.3) is 10.2 Å². The number of thiophene rings is 1. The lowest BCUT2D eigenvalue weighted by Crippen LogP contribution is -2.26. The quantitative estimate of drug-likeness (QED) is 0.819. The Bertz CT molecular complexity index is 716. The molecule has 1 aliphatic carbocycles. The fourth-order valence-electron chi connectivity index (χ4n) is 2.69. The second-order valence-electron chi connectivity index (χ2n) is 4.89. The van der Waals surface area contributed by atoms with Gasteiger partial charge in [0.05, 0.1) is 5.39 Å². The highest BCUT2D eigenvalue weighted by atomic mass is 32.1. The SMILES string of the molecule is C=CCn1c(NCCN)nc2sc3c(c2c1=O)CCC3. The van der Waals surface area contributed by atoms with Crippen molar-refractivity contribution in [2.75, 3.05) is 18.4 Å². The average molecular weight is 290 g/mol. The molecule has 3 N–H and O–H groups in total. The maximum Gasteiger partial charge on any atom is 0.264 e. The first kappa shape index (κ1) is 13.3. The van der Waals surface area contributed by atoms with E-state index in [0.717, 1.165) is 29.5 Å². The molecule has 0 atom stereocenters. The van der Waals surface area contributed by atoms with Crippen LogP contribution in [-0.2, 0) is 19.4 Å². The highest BCUT2D eigenvalue weighted by Crippen LogP contribution is 2.35. The summed E-state index contributed by atoms with van der Waals surface area (Å²) in [7, 11) is 0. The number of nitrogens with two attached hydrogens (primary N) is 1. The lowest BCUT2D eigenvalue weighted by molar-refractivity contribution is 0.769. The lowest BCUT2D eigenvalue weighted by atomic mass is 10.2. The molecule has 2 aromatic rings. The van der Waals surface area contributed by atoms with E-state index in [1.807, 2.05) is 0 Å². The summed E-state index contributed by atoms with van der Waals surface area (Å²) in [6.07, 6.45) is 4.93. The van der Waals surface area contributed by atoms with Gasteiger partial charge in [-0.25, -0.2) is 4.98 Å². The van der Waals surface area contributed by atoms with Gasteiger partial charge in [0.2, 0.25) is 5.95 Å². The number of allylic oxidation sites excluding steroid dienone is 1. The number of aryl methyl sites for hydroxylation is 2. The fourth-order valence-corrected chi connectivity index (χ4v) is 3.95. The van der Waals surface area contributed by atoms with Crippen molar-refractivity contribution in [3.63, 3.8) is 0 Å².